The third kappa shape index (κ3) is 3.14. The first-order valence-corrected chi connectivity index (χ1v) is 5.80. The minimum absolute atomic E-state index is 0.256. The molecule has 5 heteroatoms. The molecule has 0 radical (unpaired) electrons. The number of benzene rings is 1. The highest BCUT2D eigenvalue weighted by atomic mass is 31.2. The van der Waals surface area contributed by atoms with Gasteiger partial charge in [-0.15, -0.1) is 0 Å². The zero-order valence-corrected chi connectivity index (χ0v) is 8.99. The first-order valence-electron chi connectivity index (χ1n) is 4.27. The molecule has 0 bridgehead atoms. The van der Waals surface area contributed by atoms with E-state index in [1.165, 1.54) is 0 Å². The van der Waals surface area contributed by atoms with Gasteiger partial charge in [0.25, 0.3) is 0 Å². The van der Waals surface area contributed by atoms with Crippen molar-refractivity contribution in [3.05, 3.63) is 29.3 Å². The van der Waals surface area contributed by atoms with Crippen LogP contribution < -0.4 is 4.52 Å². The van der Waals surface area contributed by atoms with Gasteiger partial charge in [-0.3, -0.25) is 9.79 Å². The van der Waals surface area contributed by atoms with Crippen LogP contribution in [0.4, 0.5) is 0 Å². The van der Waals surface area contributed by atoms with Crippen molar-refractivity contribution < 1.29 is 18.9 Å². The number of hydrogen-bond acceptors (Lipinski definition) is 2. The largest absolute Gasteiger partial charge is 0.524 e. The fourth-order valence-electron chi connectivity index (χ4n) is 1.20. The van der Waals surface area contributed by atoms with Crippen molar-refractivity contribution >= 4 is 7.82 Å². The maximum absolute atomic E-state index is 10.6. The minimum Gasteiger partial charge on any atom is -0.404 e. The molecule has 0 aromatic heterocycles. The molecule has 0 fully saturated rings. The van der Waals surface area contributed by atoms with Gasteiger partial charge in [-0.05, 0) is 25.0 Å². The van der Waals surface area contributed by atoms with Crippen LogP contribution in [-0.2, 0) is 11.0 Å². The monoisotopic (exact) mass is 216 g/mol. The maximum atomic E-state index is 10.6. The molecule has 0 heterocycles. The lowest BCUT2D eigenvalue weighted by molar-refractivity contribution is 0.282. The fraction of sp³-hybridized carbons (Fsp3) is 0.333. The van der Waals surface area contributed by atoms with Gasteiger partial charge in [-0.2, -0.15) is 0 Å². The Bertz CT molecular complexity index is 369. The van der Waals surface area contributed by atoms with E-state index >= 15 is 0 Å². The van der Waals surface area contributed by atoms with E-state index in [2.05, 4.69) is 4.52 Å². The lowest BCUT2D eigenvalue weighted by Crippen LogP contribution is -1.94. The van der Waals surface area contributed by atoms with Gasteiger partial charge in [0.2, 0.25) is 0 Å². The van der Waals surface area contributed by atoms with E-state index in [1.807, 2.05) is 19.9 Å². The number of phosphoric acid groups is 1. The summed E-state index contributed by atoms with van der Waals surface area (Å²) >= 11 is 0. The Morgan fingerprint density at radius 3 is 2.57 bits per heavy atom. The molecule has 4 nitrogen and oxygen atoms in total. The average Bonchev–Trinajstić information content (AvgIpc) is 2.06. The molecule has 0 saturated heterocycles. The normalized spacial score (nSPS) is 11.4. The second-order valence-electron chi connectivity index (χ2n) is 3.05. The highest BCUT2D eigenvalue weighted by Gasteiger charge is 2.17. The molecule has 0 amide bonds. The standard InChI is InChI=1S/C9H13O4P/c1-3-8-6-7(2)4-5-9(8)13-14(10,11)12/h4-6H,3H2,1-2H3,(H2,10,11,12). The van der Waals surface area contributed by atoms with Crippen molar-refractivity contribution in [1.29, 1.82) is 0 Å². The van der Waals surface area contributed by atoms with Crippen molar-refractivity contribution in [2.75, 3.05) is 0 Å². The number of aryl methyl sites for hydroxylation is 2. The van der Waals surface area contributed by atoms with Crippen molar-refractivity contribution in [2.45, 2.75) is 20.3 Å². The number of rotatable bonds is 3. The van der Waals surface area contributed by atoms with E-state index in [9.17, 15) is 4.57 Å². The summed E-state index contributed by atoms with van der Waals surface area (Å²) in [5, 5.41) is 0. The minimum atomic E-state index is -4.44. The molecule has 2 N–H and O–H groups in total. The second kappa shape index (κ2) is 4.13. The van der Waals surface area contributed by atoms with Crippen LogP contribution in [0.15, 0.2) is 18.2 Å². The second-order valence-corrected chi connectivity index (χ2v) is 4.21. The van der Waals surface area contributed by atoms with Crippen molar-refractivity contribution in [3.63, 3.8) is 0 Å². The Morgan fingerprint density at radius 2 is 2.07 bits per heavy atom. The zero-order chi connectivity index (χ0) is 10.8. The van der Waals surface area contributed by atoms with Gasteiger partial charge >= 0.3 is 7.82 Å². The van der Waals surface area contributed by atoms with Gasteiger partial charge in [-0.1, -0.05) is 24.6 Å². The molecule has 14 heavy (non-hydrogen) atoms. The summed E-state index contributed by atoms with van der Waals surface area (Å²) in [6.07, 6.45) is 0.678. The van der Waals surface area contributed by atoms with Gasteiger partial charge in [0, 0.05) is 0 Å². The molecule has 0 spiro atoms. The van der Waals surface area contributed by atoms with Gasteiger partial charge in [-0.25, -0.2) is 4.57 Å². The number of hydrogen-bond donors (Lipinski definition) is 2. The zero-order valence-electron chi connectivity index (χ0n) is 8.10. The van der Waals surface area contributed by atoms with Crippen LogP contribution in [0.1, 0.15) is 18.1 Å². The molecule has 0 atom stereocenters. The van der Waals surface area contributed by atoms with E-state index in [-0.39, 0.29) is 5.75 Å². The highest BCUT2D eigenvalue weighted by molar-refractivity contribution is 7.46. The Hall–Kier alpha value is -0.830. The predicted octanol–water partition coefficient (Wildman–Crippen LogP) is 2.03. The summed E-state index contributed by atoms with van der Waals surface area (Å²) in [7, 11) is -4.44. The van der Waals surface area contributed by atoms with E-state index in [4.69, 9.17) is 9.79 Å². The van der Waals surface area contributed by atoms with E-state index in [1.54, 1.807) is 12.1 Å². The SMILES string of the molecule is CCc1cc(C)ccc1OP(=O)(O)O. The fourth-order valence-corrected chi connectivity index (χ4v) is 1.64. The molecule has 0 saturated carbocycles. The van der Waals surface area contributed by atoms with Crippen LogP contribution in [0.5, 0.6) is 5.75 Å². The quantitative estimate of drug-likeness (QED) is 0.758. The molecule has 0 unspecified atom stereocenters. The molecular formula is C9H13O4P. The van der Waals surface area contributed by atoms with Crippen LogP contribution >= 0.6 is 7.82 Å². The van der Waals surface area contributed by atoms with Crippen molar-refractivity contribution in [3.8, 4) is 5.75 Å². The maximum Gasteiger partial charge on any atom is 0.524 e. The average molecular weight is 216 g/mol. The van der Waals surface area contributed by atoms with E-state index < -0.39 is 7.82 Å². The summed E-state index contributed by atoms with van der Waals surface area (Å²) in [4.78, 5) is 17.3. The first-order chi connectivity index (χ1) is 6.42. The summed E-state index contributed by atoms with van der Waals surface area (Å²) in [6.45, 7) is 3.82. The molecule has 0 aliphatic rings. The van der Waals surface area contributed by atoms with Gasteiger partial charge in [0.15, 0.2) is 0 Å². The van der Waals surface area contributed by atoms with Crippen LogP contribution in [0, 0.1) is 6.92 Å². The van der Waals surface area contributed by atoms with Crippen LogP contribution in [0.3, 0.4) is 0 Å². The molecule has 1 rings (SSSR count). The smallest absolute Gasteiger partial charge is 0.404 e. The molecule has 0 aliphatic carbocycles. The summed E-state index contributed by atoms with van der Waals surface area (Å²) in [5.74, 6) is 0.256. The topological polar surface area (TPSA) is 66.8 Å². The summed E-state index contributed by atoms with van der Waals surface area (Å²) < 4.78 is 15.2. The van der Waals surface area contributed by atoms with Gasteiger partial charge in [0.1, 0.15) is 5.75 Å². The van der Waals surface area contributed by atoms with Crippen molar-refractivity contribution in [2.24, 2.45) is 0 Å². The lowest BCUT2D eigenvalue weighted by atomic mass is 10.1. The van der Waals surface area contributed by atoms with Crippen LogP contribution in [0.2, 0.25) is 0 Å². The Balaban J connectivity index is 3.03. The predicted molar refractivity (Wildman–Crippen MR) is 53.2 cm³/mol. The van der Waals surface area contributed by atoms with Crippen molar-refractivity contribution in [1.82, 2.24) is 0 Å². The van der Waals surface area contributed by atoms with Gasteiger partial charge < -0.3 is 4.52 Å². The Kier molecular flexibility index (Phi) is 3.32. The highest BCUT2D eigenvalue weighted by Crippen LogP contribution is 2.39. The van der Waals surface area contributed by atoms with Crippen LogP contribution in [-0.4, -0.2) is 9.79 Å². The molecule has 1 aromatic rings. The Labute approximate surface area is 82.8 Å². The summed E-state index contributed by atoms with van der Waals surface area (Å²) in [6, 6.07) is 5.18. The summed E-state index contributed by atoms with van der Waals surface area (Å²) in [5.41, 5.74) is 1.84. The van der Waals surface area contributed by atoms with E-state index in [0.29, 0.717) is 6.42 Å². The number of phosphoric ester groups is 1. The van der Waals surface area contributed by atoms with Crippen LogP contribution in [0.25, 0.3) is 0 Å². The third-order valence-electron chi connectivity index (χ3n) is 1.81. The van der Waals surface area contributed by atoms with E-state index in [0.717, 1.165) is 11.1 Å². The molecule has 78 valence electrons. The molecular weight excluding hydrogens is 203 g/mol. The molecule has 0 aliphatic heterocycles. The molecule has 1 aromatic carbocycles. The third-order valence-corrected chi connectivity index (χ3v) is 2.25. The lowest BCUT2D eigenvalue weighted by Gasteiger charge is -2.11. The first kappa shape index (κ1) is 11.2. The Morgan fingerprint density at radius 1 is 1.43 bits per heavy atom. The van der Waals surface area contributed by atoms with Gasteiger partial charge in [0.05, 0.1) is 0 Å².